The molecular formula is C25H20Cl2N2O6. The van der Waals surface area contributed by atoms with Crippen LogP contribution in [-0.2, 0) is 29.1 Å². The summed E-state index contributed by atoms with van der Waals surface area (Å²) in [5.41, 5.74) is 8.20. The lowest BCUT2D eigenvalue weighted by atomic mass is 9.99. The van der Waals surface area contributed by atoms with Crippen molar-refractivity contribution >= 4 is 41.0 Å². The summed E-state index contributed by atoms with van der Waals surface area (Å²) >= 11 is 12.3. The SMILES string of the molecule is NC(=O)C1Cc2cc(C(=O)c3ccccc3O)c(Cl)c(Cl)c2O1.O=C1NCc2cccc(c2)CO1. The van der Waals surface area contributed by atoms with E-state index in [0.717, 1.165) is 11.1 Å². The zero-order valence-electron chi connectivity index (χ0n) is 18.2. The van der Waals surface area contributed by atoms with E-state index in [-0.39, 0.29) is 45.2 Å². The van der Waals surface area contributed by atoms with Gasteiger partial charge in [0.1, 0.15) is 23.1 Å². The number of carbonyl (C=O) groups excluding carboxylic acids is 3. The fourth-order valence-electron chi connectivity index (χ4n) is 3.66. The first-order chi connectivity index (χ1) is 16.7. The first kappa shape index (κ1) is 24.4. The first-order valence-electron chi connectivity index (χ1n) is 10.5. The van der Waals surface area contributed by atoms with E-state index in [1.807, 2.05) is 24.3 Å². The van der Waals surface area contributed by atoms with E-state index in [1.54, 1.807) is 12.1 Å². The van der Waals surface area contributed by atoms with Crippen LogP contribution >= 0.6 is 23.2 Å². The van der Waals surface area contributed by atoms with E-state index in [0.29, 0.717) is 18.7 Å². The number of benzene rings is 3. The highest BCUT2D eigenvalue weighted by Crippen LogP contribution is 2.43. The zero-order chi connectivity index (χ0) is 25.1. The number of aromatic hydroxyl groups is 1. The summed E-state index contributed by atoms with van der Waals surface area (Å²) in [6.07, 6.45) is -0.973. The maximum Gasteiger partial charge on any atom is 0.407 e. The van der Waals surface area contributed by atoms with Crippen molar-refractivity contribution in [3.63, 3.8) is 0 Å². The maximum absolute atomic E-state index is 12.6. The third-order valence-corrected chi connectivity index (χ3v) is 6.26. The van der Waals surface area contributed by atoms with E-state index in [1.165, 1.54) is 18.2 Å². The Hall–Kier alpha value is -3.75. The molecule has 0 saturated carbocycles. The highest BCUT2D eigenvalue weighted by atomic mass is 35.5. The van der Waals surface area contributed by atoms with Crippen LogP contribution in [0.1, 0.15) is 32.6 Å². The largest absolute Gasteiger partial charge is 0.507 e. The Labute approximate surface area is 210 Å². The third-order valence-electron chi connectivity index (χ3n) is 5.41. The number of primary amides is 1. The van der Waals surface area contributed by atoms with E-state index in [9.17, 15) is 19.5 Å². The van der Waals surface area contributed by atoms with Gasteiger partial charge in [-0.2, -0.15) is 0 Å². The van der Waals surface area contributed by atoms with Gasteiger partial charge in [-0.3, -0.25) is 9.59 Å². The summed E-state index contributed by atoms with van der Waals surface area (Å²) in [6, 6.07) is 15.6. The molecule has 10 heteroatoms. The number of cyclic esters (lactones) is 1. The number of phenols is 1. The van der Waals surface area contributed by atoms with Gasteiger partial charge in [0.15, 0.2) is 11.9 Å². The molecule has 1 unspecified atom stereocenters. The molecule has 2 heterocycles. The number of nitrogens with two attached hydrogens (primary N) is 1. The highest BCUT2D eigenvalue weighted by molar-refractivity contribution is 6.45. The van der Waals surface area contributed by atoms with Crippen LogP contribution in [0.15, 0.2) is 54.6 Å². The quantitative estimate of drug-likeness (QED) is 0.450. The molecule has 2 aliphatic rings. The minimum absolute atomic E-state index is 0.00351. The summed E-state index contributed by atoms with van der Waals surface area (Å²) in [5.74, 6) is -0.993. The van der Waals surface area contributed by atoms with Crippen LogP contribution in [0.3, 0.4) is 0 Å². The minimum atomic E-state index is -0.839. The molecule has 0 spiro atoms. The lowest BCUT2D eigenvalue weighted by Gasteiger charge is -2.12. The molecule has 180 valence electrons. The molecule has 2 aliphatic heterocycles. The molecule has 0 fully saturated rings. The number of alkyl carbamates (subject to hydrolysis) is 1. The molecule has 5 rings (SSSR count). The summed E-state index contributed by atoms with van der Waals surface area (Å²) in [4.78, 5) is 34.7. The van der Waals surface area contributed by atoms with Crippen molar-refractivity contribution in [2.45, 2.75) is 25.7 Å². The smallest absolute Gasteiger partial charge is 0.407 e. The Morgan fingerprint density at radius 1 is 1.00 bits per heavy atom. The van der Waals surface area contributed by atoms with Crippen molar-refractivity contribution < 1.29 is 29.0 Å². The fraction of sp³-hybridized carbons (Fsp3) is 0.160. The van der Waals surface area contributed by atoms with E-state index in [4.69, 9.17) is 38.4 Å². The Morgan fingerprint density at radius 2 is 1.74 bits per heavy atom. The van der Waals surface area contributed by atoms with Gasteiger partial charge in [0.25, 0.3) is 5.91 Å². The van der Waals surface area contributed by atoms with Crippen LogP contribution in [0.25, 0.3) is 0 Å². The number of rotatable bonds is 3. The number of carbonyl (C=O) groups is 3. The second-order valence-corrected chi connectivity index (χ2v) is 8.61. The van der Waals surface area contributed by atoms with Crippen LogP contribution < -0.4 is 15.8 Å². The van der Waals surface area contributed by atoms with Crippen LogP contribution in [0, 0.1) is 0 Å². The molecular weight excluding hydrogens is 495 g/mol. The standard InChI is InChI=1S/C16H11Cl2NO4.C9H9NO2/c17-12-9(14(21)8-3-1-2-4-10(8)20)5-7-6-11(16(19)22)23-15(7)13(12)18;11-9-10-5-7-2-1-3-8(4-7)6-12-9/h1-5,11,20H,6H2,(H2,19,22);1-4H,5-6H2,(H,10,11). The molecule has 8 nitrogen and oxygen atoms in total. The third kappa shape index (κ3) is 5.34. The lowest BCUT2D eigenvalue weighted by Crippen LogP contribution is -2.31. The molecule has 1 atom stereocenters. The Kier molecular flexibility index (Phi) is 7.14. The Bertz CT molecular complexity index is 1300. The lowest BCUT2D eigenvalue weighted by molar-refractivity contribution is -0.123. The summed E-state index contributed by atoms with van der Waals surface area (Å²) in [6.45, 7) is 0.909. The van der Waals surface area contributed by atoms with E-state index in [2.05, 4.69) is 5.32 Å². The molecule has 0 aliphatic carbocycles. The van der Waals surface area contributed by atoms with Gasteiger partial charge in [0.2, 0.25) is 0 Å². The molecule has 4 N–H and O–H groups in total. The maximum atomic E-state index is 12.6. The molecule has 0 radical (unpaired) electrons. The number of amides is 2. The second kappa shape index (κ2) is 10.2. The number of nitrogens with one attached hydrogen (secondary N) is 1. The topological polar surface area (TPSA) is 128 Å². The van der Waals surface area contributed by atoms with Crippen LogP contribution in [0.5, 0.6) is 11.5 Å². The van der Waals surface area contributed by atoms with Gasteiger partial charge in [-0.1, -0.05) is 59.6 Å². The second-order valence-electron chi connectivity index (χ2n) is 7.85. The van der Waals surface area contributed by atoms with E-state index >= 15 is 0 Å². The number of hydrogen-bond donors (Lipinski definition) is 3. The van der Waals surface area contributed by atoms with Crippen LogP contribution in [0.2, 0.25) is 10.0 Å². The number of fused-ring (bicyclic) bond motifs is 3. The highest BCUT2D eigenvalue weighted by Gasteiger charge is 2.32. The minimum Gasteiger partial charge on any atom is -0.507 e. The molecule has 0 saturated heterocycles. The van der Waals surface area contributed by atoms with Gasteiger partial charge in [-0.25, -0.2) is 4.79 Å². The average molecular weight is 515 g/mol. The van der Waals surface area contributed by atoms with Crippen LogP contribution in [0.4, 0.5) is 4.79 Å². The Morgan fingerprint density at radius 3 is 2.49 bits per heavy atom. The average Bonchev–Trinajstić information content (AvgIpc) is 3.29. The number of ketones is 1. The van der Waals surface area contributed by atoms with Crippen molar-refractivity contribution in [3.05, 3.63) is 92.5 Å². The molecule has 2 bridgehead atoms. The first-order valence-corrected chi connectivity index (χ1v) is 11.3. The summed E-state index contributed by atoms with van der Waals surface area (Å²) < 4.78 is 10.3. The zero-order valence-corrected chi connectivity index (χ0v) is 19.7. The fourth-order valence-corrected chi connectivity index (χ4v) is 4.16. The van der Waals surface area contributed by atoms with Crippen molar-refractivity contribution in [1.29, 1.82) is 0 Å². The van der Waals surface area contributed by atoms with Gasteiger partial charge in [0, 0.05) is 24.1 Å². The number of para-hydroxylation sites is 1. The molecule has 3 aromatic rings. The normalized spacial score (nSPS) is 15.7. The Balaban J connectivity index is 0.000000201. The van der Waals surface area contributed by atoms with Gasteiger partial charge >= 0.3 is 6.09 Å². The molecule has 3 aromatic carbocycles. The summed E-state index contributed by atoms with van der Waals surface area (Å²) in [7, 11) is 0. The molecule has 2 amide bonds. The van der Waals surface area contributed by atoms with Crippen molar-refractivity contribution in [2.24, 2.45) is 5.73 Å². The monoisotopic (exact) mass is 514 g/mol. The van der Waals surface area contributed by atoms with Gasteiger partial charge in [0.05, 0.1) is 10.6 Å². The number of ether oxygens (including phenoxy) is 2. The summed E-state index contributed by atoms with van der Waals surface area (Å²) in [5, 5.41) is 12.5. The van der Waals surface area contributed by atoms with Gasteiger partial charge in [-0.15, -0.1) is 0 Å². The molecule has 0 aromatic heterocycles. The number of halogens is 2. The van der Waals surface area contributed by atoms with E-state index < -0.39 is 17.8 Å². The number of hydrogen-bond acceptors (Lipinski definition) is 6. The predicted molar refractivity (Wildman–Crippen MR) is 129 cm³/mol. The van der Waals surface area contributed by atoms with Crippen molar-refractivity contribution in [2.75, 3.05) is 0 Å². The van der Waals surface area contributed by atoms with Crippen LogP contribution in [-0.4, -0.2) is 29.0 Å². The van der Waals surface area contributed by atoms with Gasteiger partial charge < -0.3 is 25.6 Å². The van der Waals surface area contributed by atoms with Crippen molar-refractivity contribution in [3.8, 4) is 11.5 Å². The van der Waals surface area contributed by atoms with Crippen molar-refractivity contribution in [1.82, 2.24) is 5.32 Å². The predicted octanol–water partition coefficient (Wildman–Crippen LogP) is 4.15. The molecule has 35 heavy (non-hydrogen) atoms. The van der Waals surface area contributed by atoms with Gasteiger partial charge in [-0.05, 0) is 29.3 Å². The number of phenolic OH excluding ortho intramolecular Hbond substituents is 1.